The van der Waals surface area contributed by atoms with Gasteiger partial charge in [0.2, 0.25) is 0 Å². The number of carbonyl (C=O) groups is 1. The number of ether oxygens (including phenoxy) is 1. The number of nitriles is 1. The van der Waals surface area contributed by atoms with Gasteiger partial charge in [0, 0.05) is 6.04 Å². The summed E-state index contributed by atoms with van der Waals surface area (Å²) in [5.41, 5.74) is 3.26. The lowest BCUT2D eigenvalue weighted by molar-refractivity contribution is -0.118. The van der Waals surface area contributed by atoms with Gasteiger partial charge < -0.3 is 10.1 Å². The summed E-state index contributed by atoms with van der Waals surface area (Å²) >= 11 is 0. The van der Waals surface area contributed by atoms with Crippen LogP contribution in [0.15, 0.2) is 54.1 Å². The van der Waals surface area contributed by atoms with Crippen LogP contribution in [0, 0.1) is 24.2 Å². The van der Waals surface area contributed by atoms with Crippen molar-refractivity contribution in [3.8, 4) is 11.8 Å². The minimum absolute atomic E-state index is 0.135. The van der Waals surface area contributed by atoms with E-state index in [-0.39, 0.29) is 17.5 Å². The lowest BCUT2D eigenvalue weighted by atomic mass is 9.86. The SMILES string of the molecule is Cc1cccc(COc2ccc(/C=C(\C#N)C(=O)N[C@H]3CCCC[C@@H]3C)cc2)c1. The van der Waals surface area contributed by atoms with Crippen molar-refractivity contribution in [2.45, 2.75) is 52.2 Å². The summed E-state index contributed by atoms with van der Waals surface area (Å²) in [6, 6.07) is 17.8. The molecule has 1 fully saturated rings. The minimum atomic E-state index is -0.286. The van der Waals surface area contributed by atoms with Crippen molar-refractivity contribution < 1.29 is 9.53 Å². The Labute approximate surface area is 173 Å². The first-order chi connectivity index (χ1) is 14.0. The number of rotatable bonds is 6. The summed E-state index contributed by atoms with van der Waals surface area (Å²) in [6.45, 7) is 4.72. The van der Waals surface area contributed by atoms with E-state index in [0.717, 1.165) is 36.1 Å². The van der Waals surface area contributed by atoms with Crippen molar-refractivity contribution in [3.05, 3.63) is 70.8 Å². The van der Waals surface area contributed by atoms with E-state index in [9.17, 15) is 10.1 Å². The molecule has 29 heavy (non-hydrogen) atoms. The molecule has 4 nitrogen and oxygen atoms in total. The molecule has 0 unspecified atom stereocenters. The number of hydrogen-bond acceptors (Lipinski definition) is 3. The van der Waals surface area contributed by atoms with Crippen LogP contribution in [-0.4, -0.2) is 11.9 Å². The molecular formula is C25H28N2O2. The fourth-order valence-corrected chi connectivity index (χ4v) is 3.72. The summed E-state index contributed by atoms with van der Waals surface area (Å²) in [4.78, 5) is 12.5. The number of nitrogens with one attached hydrogen (secondary N) is 1. The molecule has 2 aromatic carbocycles. The van der Waals surface area contributed by atoms with E-state index in [4.69, 9.17) is 4.74 Å². The Morgan fingerprint density at radius 2 is 1.97 bits per heavy atom. The molecule has 0 saturated heterocycles. The number of hydrogen-bond donors (Lipinski definition) is 1. The third-order valence-corrected chi connectivity index (χ3v) is 5.47. The Kier molecular flexibility index (Phi) is 7.08. The van der Waals surface area contributed by atoms with E-state index >= 15 is 0 Å². The zero-order valence-electron chi connectivity index (χ0n) is 17.2. The van der Waals surface area contributed by atoms with Crippen LogP contribution in [0.1, 0.15) is 49.3 Å². The van der Waals surface area contributed by atoms with Gasteiger partial charge >= 0.3 is 0 Å². The fraction of sp³-hybridized carbons (Fsp3) is 0.360. The van der Waals surface area contributed by atoms with Gasteiger partial charge in [-0.2, -0.15) is 5.26 Å². The zero-order valence-corrected chi connectivity index (χ0v) is 17.2. The second-order valence-corrected chi connectivity index (χ2v) is 7.86. The van der Waals surface area contributed by atoms with E-state index in [1.54, 1.807) is 6.08 Å². The average molecular weight is 389 g/mol. The van der Waals surface area contributed by atoms with Gasteiger partial charge in [-0.25, -0.2) is 0 Å². The van der Waals surface area contributed by atoms with E-state index in [1.807, 2.05) is 42.5 Å². The molecule has 2 aromatic rings. The number of carbonyl (C=O) groups excluding carboxylic acids is 1. The van der Waals surface area contributed by atoms with Crippen molar-refractivity contribution in [2.24, 2.45) is 5.92 Å². The predicted octanol–water partition coefficient (Wildman–Crippen LogP) is 5.18. The molecule has 0 radical (unpaired) electrons. The van der Waals surface area contributed by atoms with Gasteiger partial charge in [0.1, 0.15) is 24.0 Å². The summed E-state index contributed by atoms with van der Waals surface area (Å²) in [5, 5.41) is 12.5. The average Bonchev–Trinajstić information content (AvgIpc) is 2.73. The molecule has 0 aliphatic heterocycles. The molecule has 1 N–H and O–H groups in total. The van der Waals surface area contributed by atoms with Crippen molar-refractivity contribution >= 4 is 12.0 Å². The molecule has 150 valence electrons. The number of aryl methyl sites for hydroxylation is 1. The van der Waals surface area contributed by atoms with Gasteiger partial charge in [0.15, 0.2) is 0 Å². The molecule has 1 amide bonds. The van der Waals surface area contributed by atoms with Gasteiger partial charge in [-0.3, -0.25) is 4.79 Å². The molecule has 0 heterocycles. The monoisotopic (exact) mass is 388 g/mol. The molecule has 0 aromatic heterocycles. The smallest absolute Gasteiger partial charge is 0.262 e. The molecule has 4 heteroatoms. The van der Waals surface area contributed by atoms with E-state index in [0.29, 0.717) is 12.5 Å². The van der Waals surface area contributed by atoms with Gasteiger partial charge in [-0.1, -0.05) is 61.7 Å². The highest BCUT2D eigenvalue weighted by atomic mass is 16.5. The van der Waals surface area contributed by atoms with Crippen molar-refractivity contribution in [1.82, 2.24) is 5.32 Å². The summed E-state index contributed by atoms with van der Waals surface area (Å²) in [5.74, 6) is 0.922. The summed E-state index contributed by atoms with van der Waals surface area (Å²) < 4.78 is 5.83. The van der Waals surface area contributed by atoms with Crippen molar-refractivity contribution in [2.75, 3.05) is 0 Å². The topological polar surface area (TPSA) is 62.1 Å². The second kappa shape index (κ2) is 9.93. The van der Waals surface area contributed by atoms with E-state index in [1.165, 1.54) is 12.0 Å². The standard InChI is InChI=1S/C25H28N2O2/c1-18-6-5-8-21(14-18)17-29-23-12-10-20(11-13-23)15-22(16-26)25(28)27-24-9-4-3-7-19(24)2/h5-6,8,10-15,19,24H,3-4,7,9,17H2,1-2H3,(H,27,28)/b22-15+/t19-,24-/m0/s1. The molecule has 0 spiro atoms. The van der Waals surface area contributed by atoms with Crippen molar-refractivity contribution in [3.63, 3.8) is 0 Å². The maximum absolute atomic E-state index is 12.5. The molecule has 1 saturated carbocycles. The third-order valence-electron chi connectivity index (χ3n) is 5.47. The highest BCUT2D eigenvalue weighted by molar-refractivity contribution is 6.01. The van der Waals surface area contributed by atoms with Crippen molar-refractivity contribution in [1.29, 1.82) is 5.26 Å². The number of amides is 1. The number of benzene rings is 2. The molecule has 3 rings (SSSR count). The Balaban J connectivity index is 1.60. The van der Waals surface area contributed by atoms with Crippen LogP contribution >= 0.6 is 0 Å². The maximum atomic E-state index is 12.5. The normalized spacial score (nSPS) is 19.3. The predicted molar refractivity (Wildman–Crippen MR) is 115 cm³/mol. The number of nitrogens with zero attached hydrogens (tertiary/aromatic N) is 1. The van der Waals surface area contributed by atoms with E-state index in [2.05, 4.69) is 31.3 Å². The van der Waals surface area contributed by atoms with Crippen LogP contribution in [0.5, 0.6) is 5.75 Å². The zero-order chi connectivity index (χ0) is 20.6. The van der Waals surface area contributed by atoms with Crippen LogP contribution in [0.3, 0.4) is 0 Å². The first-order valence-corrected chi connectivity index (χ1v) is 10.3. The largest absolute Gasteiger partial charge is 0.489 e. The Bertz CT molecular complexity index is 909. The summed E-state index contributed by atoms with van der Waals surface area (Å²) in [7, 11) is 0. The molecule has 1 aliphatic rings. The molecule has 1 aliphatic carbocycles. The van der Waals surface area contributed by atoms with Gasteiger partial charge in [0.05, 0.1) is 0 Å². The second-order valence-electron chi connectivity index (χ2n) is 7.86. The van der Waals surface area contributed by atoms with Crippen LogP contribution in [-0.2, 0) is 11.4 Å². The third kappa shape index (κ3) is 5.96. The Morgan fingerprint density at radius 3 is 2.66 bits per heavy atom. The van der Waals surface area contributed by atoms with E-state index < -0.39 is 0 Å². The minimum Gasteiger partial charge on any atom is -0.489 e. The molecular weight excluding hydrogens is 360 g/mol. The first-order valence-electron chi connectivity index (χ1n) is 10.3. The van der Waals surface area contributed by atoms with Crippen LogP contribution in [0.25, 0.3) is 6.08 Å². The van der Waals surface area contributed by atoms with Crippen LogP contribution in [0.2, 0.25) is 0 Å². The Morgan fingerprint density at radius 1 is 1.21 bits per heavy atom. The fourth-order valence-electron chi connectivity index (χ4n) is 3.72. The molecule has 0 bridgehead atoms. The highest BCUT2D eigenvalue weighted by Crippen LogP contribution is 2.24. The van der Waals surface area contributed by atoms with Crippen LogP contribution < -0.4 is 10.1 Å². The van der Waals surface area contributed by atoms with Gasteiger partial charge in [-0.15, -0.1) is 0 Å². The lowest BCUT2D eigenvalue weighted by Gasteiger charge is -2.29. The first kappa shape index (κ1) is 20.7. The maximum Gasteiger partial charge on any atom is 0.262 e. The van der Waals surface area contributed by atoms with Gasteiger partial charge in [-0.05, 0) is 55.0 Å². The van der Waals surface area contributed by atoms with Gasteiger partial charge in [0.25, 0.3) is 5.91 Å². The Hall–Kier alpha value is -3.06. The highest BCUT2D eigenvalue weighted by Gasteiger charge is 2.24. The quantitative estimate of drug-likeness (QED) is 0.548. The lowest BCUT2D eigenvalue weighted by Crippen LogP contribution is -2.41. The van der Waals surface area contributed by atoms with Crippen LogP contribution in [0.4, 0.5) is 0 Å². The summed E-state index contributed by atoms with van der Waals surface area (Å²) in [6.07, 6.45) is 6.09. The molecule has 2 atom stereocenters.